The van der Waals surface area contributed by atoms with Crippen LogP contribution in [0.1, 0.15) is 16.7 Å². The van der Waals surface area contributed by atoms with Gasteiger partial charge in [0, 0.05) is 22.8 Å². The van der Waals surface area contributed by atoms with E-state index in [2.05, 4.69) is 33.0 Å². The maximum absolute atomic E-state index is 12.2. The van der Waals surface area contributed by atoms with Gasteiger partial charge >= 0.3 is 0 Å². The molecule has 0 saturated heterocycles. The molecule has 0 unspecified atom stereocenters. The molecule has 0 spiro atoms. The van der Waals surface area contributed by atoms with E-state index < -0.39 is 10.0 Å². The number of thiophene rings is 2. The van der Waals surface area contributed by atoms with Gasteiger partial charge in [0.2, 0.25) is 10.0 Å². The van der Waals surface area contributed by atoms with Crippen molar-refractivity contribution in [2.45, 2.75) is 24.5 Å². The highest BCUT2D eigenvalue weighted by Gasteiger charge is 2.15. The van der Waals surface area contributed by atoms with Crippen LogP contribution in [0, 0.1) is 6.92 Å². The Morgan fingerprint density at radius 2 is 2.00 bits per heavy atom. The molecule has 0 fully saturated rings. The van der Waals surface area contributed by atoms with Crippen molar-refractivity contribution in [3.05, 3.63) is 34.3 Å². The second-order valence-electron chi connectivity index (χ2n) is 5.20. The summed E-state index contributed by atoms with van der Waals surface area (Å²) in [6.45, 7) is 4.73. The van der Waals surface area contributed by atoms with Crippen LogP contribution in [0.5, 0.6) is 0 Å². The van der Waals surface area contributed by atoms with Crippen LogP contribution < -0.4 is 10.0 Å². The first-order valence-corrected chi connectivity index (χ1v) is 10.6. The standard InChI is InChI=1S/C15H18N4O2S3/c1-3-11-8-12-14(17-9-18-15(12)23-11)16-6-7-19-24(20,21)13-5-4-10(2)22-13/h4-5,8-9,19H,3,6-7H2,1-2H3,(H,16,17,18). The Hall–Kier alpha value is -1.55. The molecule has 2 N–H and O–H groups in total. The van der Waals surface area contributed by atoms with Gasteiger partial charge < -0.3 is 5.32 Å². The minimum atomic E-state index is -3.44. The molecule has 128 valence electrons. The molecular formula is C15H18N4O2S3. The number of hydrogen-bond donors (Lipinski definition) is 2. The zero-order valence-electron chi connectivity index (χ0n) is 13.4. The lowest BCUT2D eigenvalue weighted by molar-refractivity contribution is 0.585. The van der Waals surface area contributed by atoms with Gasteiger partial charge in [0.15, 0.2) is 0 Å². The lowest BCUT2D eigenvalue weighted by atomic mass is 10.3. The molecule has 6 nitrogen and oxygen atoms in total. The normalized spacial score (nSPS) is 11.9. The second-order valence-corrected chi connectivity index (χ2v) is 9.59. The molecule has 9 heteroatoms. The van der Waals surface area contributed by atoms with E-state index in [1.807, 2.05) is 6.92 Å². The van der Waals surface area contributed by atoms with E-state index in [4.69, 9.17) is 0 Å². The lowest BCUT2D eigenvalue weighted by Crippen LogP contribution is -2.28. The van der Waals surface area contributed by atoms with Crippen LogP contribution in [0.2, 0.25) is 0 Å². The van der Waals surface area contributed by atoms with Crippen molar-refractivity contribution in [1.82, 2.24) is 14.7 Å². The predicted octanol–water partition coefficient (Wildman–Crippen LogP) is 3.01. The quantitative estimate of drug-likeness (QED) is 0.614. The summed E-state index contributed by atoms with van der Waals surface area (Å²) >= 11 is 2.92. The van der Waals surface area contributed by atoms with Crippen LogP contribution in [0.3, 0.4) is 0 Å². The molecular weight excluding hydrogens is 364 g/mol. The third-order valence-corrected chi connectivity index (χ3v) is 7.56. The number of hydrogen-bond acceptors (Lipinski definition) is 7. The Kier molecular flexibility index (Phi) is 5.14. The summed E-state index contributed by atoms with van der Waals surface area (Å²) in [5, 5.41) is 4.17. The van der Waals surface area contributed by atoms with Crippen molar-refractivity contribution >= 4 is 48.7 Å². The number of fused-ring (bicyclic) bond motifs is 1. The number of nitrogens with zero attached hydrogens (tertiary/aromatic N) is 2. The smallest absolute Gasteiger partial charge is 0.250 e. The van der Waals surface area contributed by atoms with Gasteiger partial charge in [-0.05, 0) is 31.5 Å². The molecule has 0 aliphatic heterocycles. The average molecular weight is 383 g/mol. The van der Waals surface area contributed by atoms with Crippen molar-refractivity contribution in [3.8, 4) is 0 Å². The summed E-state index contributed by atoms with van der Waals surface area (Å²) in [6, 6.07) is 5.51. The lowest BCUT2D eigenvalue weighted by Gasteiger charge is -2.07. The second kappa shape index (κ2) is 7.14. The fourth-order valence-corrected chi connectivity index (χ4v) is 5.51. The predicted molar refractivity (Wildman–Crippen MR) is 99.5 cm³/mol. The summed E-state index contributed by atoms with van der Waals surface area (Å²) in [5.41, 5.74) is 0. The van der Waals surface area contributed by atoms with Crippen molar-refractivity contribution in [2.24, 2.45) is 0 Å². The molecule has 0 aromatic carbocycles. The topological polar surface area (TPSA) is 84.0 Å². The van der Waals surface area contributed by atoms with Gasteiger partial charge in [-0.2, -0.15) is 0 Å². The van der Waals surface area contributed by atoms with Gasteiger partial charge in [-0.3, -0.25) is 0 Å². The number of anilines is 1. The molecule has 0 amide bonds. The van der Waals surface area contributed by atoms with Gasteiger partial charge in [-0.1, -0.05) is 6.92 Å². The Morgan fingerprint density at radius 1 is 1.17 bits per heavy atom. The Labute approximate surface area is 149 Å². The average Bonchev–Trinajstić information content (AvgIpc) is 3.18. The molecule has 0 bridgehead atoms. The van der Waals surface area contributed by atoms with Gasteiger partial charge in [0.25, 0.3) is 0 Å². The van der Waals surface area contributed by atoms with Gasteiger partial charge in [0.1, 0.15) is 21.2 Å². The van der Waals surface area contributed by atoms with Crippen LogP contribution in [0.4, 0.5) is 5.82 Å². The third kappa shape index (κ3) is 3.75. The number of sulfonamides is 1. The number of rotatable bonds is 7. The van der Waals surface area contributed by atoms with E-state index in [0.717, 1.165) is 27.3 Å². The molecule has 0 saturated carbocycles. The first-order chi connectivity index (χ1) is 11.5. The fraction of sp³-hybridized carbons (Fsp3) is 0.333. The summed E-state index contributed by atoms with van der Waals surface area (Å²) in [5.74, 6) is 0.738. The first kappa shape index (κ1) is 17.3. The van der Waals surface area contributed by atoms with Crippen molar-refractivity contribution in [3.63, 3.8) is 0 Å². The zero-order chi connectivity index (χ0) is 17.2. The third-order valence-electron chi connectivity index (χ3n) is 3.42. The summed E-state index contributed by atoms with van der Waals surface area (Å²) in [6.07, 6.45) is 2.49. The van der Waals surface area contributed by atoms with Crippen LogP contribution in [-0.2, 0) is 16.4 Å². The number of aryl methyl sites for hydroxylation is 2. The van der Waals surface area contributed by atoms with Gasteiger partial charge in [-0.15, -0.1) is 22.7 Å². The Morgan fingerprint density at radius 3 is 2.71 bits per heavy atom. The maximum atomic E-state index is 12.2. The minimum absolute atomic E-state index is 0.287. The molecule has 3 aromatic rings. The monoisotopic (exact) mass is 382 g/mol. The van der Waals surface area contributed by atoms with E-state index in [9.17, 15) is 8.42 Å². The highest BCUT2D eigenvalue weighted by atomic mass is 32.2. The van der Waals surface area contributed by atoms with Crippen LogP contribution in [-0.4, -0.2) is 31.5 Å². The van der Waals surface area contributed by atoms with E-state index in [1.165, 1.54) is 22.5 Å². The first-order valence-electron chi connectivity index (χ1n) is 7.53. The van der Waals surface area contributed by atoms with Crippen LogP contribution in [0.25, 0.3) is 10.2 Å². The molecule has 0 aliphatic carbocycles. The zero-order valence-corrected chi connectivity index (χ0v) is 15.8. The van der Waals surface area contributed by atoms with Gasteiger partial charge in [0.05, 0.1) is 5.39 Å². The Balaban J connectivity index is 1.62. The molecule has 3 aromatic heterocycles. The van der Waals surface area contributed by atoms with E-state index in [1.54, 1.807) is 23.5 Å². The summed E-state index contributed by atoms with van der Waals surface area (Å²) in [4.78, 5) is 11.7. The van der Waals surface area contributed by atoms with E-state index >= 15 is 0 Å². The SMILES string of the molecule is CCc1cc2c(NCCNS(=O)(=O)c3ccc(C)s3)ncnc2s1. The van der Waals surface area contributed by atoms with E-state index in [0.29, 0.717) is 10.8 Å². The van der Waals surface area contributed by atoms with Crippen molar-refractivity contribution in [2.75, 3.05) is 18.4 Å². The van der Waals surface area contributed by atoms with Crippen molar-refractivity contribution in [1.29, 1.82) is 0 Å². The molecule has 3 rings (SSSR count). The molecule has 24 heavy (non-hydrogen) atoms. The largest absolute Gasteiger partial charge is 0.368 e. The van der Waals surface area contributed by atoms with E-state index in [-0.39, 0.29) is 6.54 Å². The number of aromatic nitrogens is 2. The summed E-state index contributed by atoms with van der Waals surface area (Å²) in [7, 11) is -3.44. The highest BCUT2D eigenvalue weighted by Crippen LogP contribution is 2.28. The molecule has 0 radical (unpaired) electrons. The fourth-order valence-electron chi connectivity index (χ4n) is 2.21. The Bertz CT molecular complexity index is 947. The van der Waals surface area contributed by atoms with Crippen LogP contribution in [0.15, 0.2) is 28.7 Å². The van der Waals surface area contributed by atoms with Crippen LogP contribution >= 0.6 is 22.7 Å². The minimum Gasteiger partial charge on any atom is -0.368 e. The van der Waals surface area contributed by atoms with Crippen molar-refractivity contribution < 1.29 is 8.42 Å². The maximum Gasteiger partial charge on any atom is 0.250 e. The highest BCUT2D eigenvalue weighted by molar-refractivity contribution is 7.91. The summed E-state index contributed by atoms with van der Waals surface area (Å²) < 4.78 is 27.3. The van der Waals surface area contributed by atoms with Gasteiger partial charge in [-0.25, -0.2) is 23.1 Å². The molecule has 0 atom stereocenters. The molecule has 3 heterocycles. The number of nitrogens with one attached hydrogen (secondary N) is 2. The molecule has 0 aliphatic rings.